The molecule has 1 rings (SSSR count). The van der Waals surface area contributed by atoms with Crippen molar-refractivity contribution in [2.24, 2.45) is 5.41 Å². The highest BCUT2D eigenvalue weighted by Crippen LogP contribution is 2.41. The van der Waals surface area contributed by atoms with Crippen LogP contribution >= 0.6 is 11.6 Å². The van der Waals surface area contributed by atoms with Crippen LogP contribution in [0.25, 0.3) is 0 Å². The molecular weight excluding hydrogens is 228 g/mol. The lowest BCUT2D eigenvalue weighted by Gasteiger charge is -2.39. The van der Waals surface area contributed by atoms with Crippen LogP contribution in [0.5, 0.6) is 0 Å². The summed E-state index contributed by atoms with van der Waals surface area (Å²) < 4.78 is 23.8. The van der Waals surface area contributed by atoms with Gasteiger partial charge in [-0.3, -0.25) is 9.59 Å². The predicted molar refractivity (Wildman–Crippen MR) is 51.0 cm³/mol. The molecule has 0 spiro atoms. The summed E-state index contributed by atoms with van der Waals surface area (Å²) in [6.45, 7) is -0.0261. The minimum atomic E-state index is -3.03. The van der Waals surface area contributed by atoms with E-state index in [-0.39, 0.29) is 18.2 Å². The summed E-state index contributed by atoms with van der Waals surface area (Å²) in [5.41, 5.74) is -0.688. The van der Waals surface area contributed by atoms with Crippen LogP contribution in [0.3, 0.4) is 0 Å². The molecule has 86 valence electrons. The Hall–Kier alpha value is -0.710. The fourth-order valence-corrected chi connectivity index (χ4v) is 1.92. The second-order valence-electron chi connectivity index (χ2n) is 3.71. The number of ketones is 1. The van der Waals surface area contributed by atoms with Crippen LogP contribution in [0.2, 0.25) is 0 Å². The van der Waals surface area contributed by atoms with Crippen molar-refractivity contribution in [3.63, 3.8) is 0 Å². The molecule has 0 saturated heterocycles. The average Bonchev–Trinajstić information content (AvgIpc) is 2.15. The van der Waals surface area contributed by atoms with Gasteiger partial charge < -0.3 is 5.32 Å². The van der Waals surface area contributed by atoms with E-state index in [0.29, 0.717) is 12.8 Å². The molecule has 0 unspecified atom stereocenters. The molecule has 1 saturated carbocycles. The molecule has 1 N–H and O–H groups in total. The minimum Gasteiger partial charge on any atom is -0.350 e. The van der Waals surface area contributed by atoms with Crippen molar-refractivity contribution in [2.45, 2.75) is 25.7 Å². The van der Waals surface area contributed by atoms with E-state index in [2.05, 4.69) is 5.32 Å². The van der Waals surface area contributed by atoms with E-state index in [0.717, 1.165) is 6.42 Å². The summed E-state index contributed by atoms with van der Waals surface area (Å²) in [6, 6.07) is 0. The lowest BCUT2D eigenvalue weighted by Crippen LogP contribution is -2.49. The van der Waals surface area contributed by atoms with Crippen LogP contribution < -0.4 is 5.32 Å². The van der Waals surface area contributed by atoms with E-state index in [1.54, 1.807) is 0 Å². The zero-order valence-electron chi connectivity index (χ0n) is 8.06. The van der Waals surface area contributed by atoms with Gasteiger partial charge in [-0.2, -0.15) is 8.78 Å². The quantitative estimate of drug-likeness (QED) is 0.736. The maximum absolute atomic E-state index is 11.9. The molecule has 1 aliphatic carbocycles. The lowest BCUT2D eigenvalue weighted by atomic mass is 9.66. The van der Waals surface area contributed by atoms with Gasteiger partial charge in [-0.05, 0) is 12.8 Å². The average molecular weight is 240 g/mol. The Balaban J connectivity index is 2.47. The number of hydrogen-bond donors (Lipinski definition) is 1. The van der Waals surface area contributed by atoms with Crippen molar-refractivity contribution in [1.29, 1.82) is 0 Å². The lowest BCUT2D eigenvalue weighted by molar-refractivity contribution is -0.135. The van der Waals surface area contributed by atoms with Crippen molar-refractivity contribution in [3.8, 4) is 0 Å². The van der Waals surface area contributed by atoms with Gasteiger partial charge in [-0.1, -0.05) is 6.42 Å². The van der Waals surface area contributed by atoms with Gasteiger partial charge in [-0.15, -0.1) is 11.6 Å². The minimum absolute atomic E-state index is 0.0261. The smallest absolute Gasteiger partial charge is 0.315 e. The highest BCUT2D eigenvalue weighted by atomic mass is 35.5. The number of Topliss-reactive ketones (excluding diaryl/α,β-unsaturated/α-hetero) is 1. The third kappa shape index (κ3) is 2.65. The van der Waals surface area contributed by atoms with Crippen LogP contribution in [-0.4, -0.2) is 30.5 Å². The van der Waals surface area contributed by atoms with Gasteiger partial charge in [0.1, 0.15) is 0 Å². The molecule has 1 aliphatic rings. The van der Waals surface area contributed by atoms with E-state index < -0.39 is 17.7 Å². The van der Waals surface area contributed by atoms with Gasteiger partial charge in [-0.25, -0.2) is 0 Å². The molecule has 0 aromatic carbocycles. The number of halogens is 3. The second-order valence-corrected chi connectivity index (χ2v) is 3.98. The van der Waals surface area contributed by atoms with Crippen LogP contribution in [-0.2, 0) is 9.59 Å². The van der Waals surface area contributed by atoms with Gasteiger partial charge in [0, 0.05) is 12.0 Å². The van der Waals surface area contributed by atoms with E-state index in [1.807, 2.05) is 0 Å². The molecule has 0 aliphatic heterocycles. The first-order valence-corrected chi connectivity index (χ1v) is 5.20. The number of carbonyl (C=O) groups excluding carboxylic acids is 2. The molecule has 3 nitrogen and oxygen atoms in total. The van der Waals surface area contributed by atoms with Crippen LogP contribution in [0, 0.1) is 5.41 Å². The summed E-state index contributed by atoms with van der Waals surface area (Å²) in [6.07, 6.45) is -0.939. The standard InChI is InChI=1S/C9H12ClF2NO2/c10-4-6(14)9(2-1-3-9)5-13-8(15)7(11)12/h7H,1-5H2,(H,13,15). The summed E-state index contributed by atoms with van der Waals surface area (Å²) in [4.78, 5) is 22.1. The van der Waals surface area contributed by atoms with Crippen molar-refractivity contribution in [2.75, 3.05) is 12.4 Å². The molecule has 0 heterocycles. The van der Waals surface area contributed by atoms with Gasteiger partial charge >= 0.3 is 6.43 Å². The number of hydrogen-bond acceptors (Lipinski definition) is 2. The number of carbonyl (C=O) groups is 2. The summed E-state index contributed by atoms with van der Waals surface area (Å²) in [7, 11) is 0. The van der Waals surface area contributed by atoms with Gasteiger partial charge in [0.15, 0.2) is 5.78 Å². The van der Waals surface area contributed by atoms with Crippen LogP contribution in [0.1, 0.15) is 19.3 Å². The zero-order chi connectivity index (χ0) is 11.5. The van der Waals surface area contributed by atoms with E-state index in [9.17, 15) is 18.4 Å². The van der Waals surface area contributed by atoms with Crippen LogP contribution in [0.15, 0.2) is 0 Å². The molecule has 1 fully saturated rings. The SMILES string of the molecule is O=C(NCC1(C(=O)CCl)CCC1)C(F)F. The fraction of sp³-hybridized carbons (Fsp3) is 0.778. The first-order valence-electron chi connectivity index (χ1n) is 4.67. The second kappa shape index (κ2) is 4.88. The molecule has 15 heavy (non-hydrogen) atoms. The Morgan fingerprint density at radius 1 is 1.40 bits per heavy atom. The highest BCUT2D eigenvalue weighted by Gasteiger charge is 2.43. The van der Waals surface area contributed by atoms with Crippen molar-refractivity contribution < 1.29 is 18.4 Å². The van der Waals surface area contributed by atoms with Gasteiger partial charge in [0.25, 0.3) is 5.91 Å². The first-order chi connectivity index (χ1) is 7.02. The van der Waals surface area contributed by atoms with Gasteiger partial charge in [0.2, 0.25) is 0 Å². The largest absolute Gasteiger partial charge is 0.350 e. The molecule has 0 atom stereocenters. The Morgan fingerprint density at radius 3 is 2.33 bits per heavy atom. The molecule has 1 amide bonds. The first kappa shape index (κ1) is 12.4. The summed E-state index contributed by atoms with van der Waals surface area (Å²) in [5, 5.41) is 2.07. The normalized spacial score (nSPS) is 18.4. The van der Waals surface area contributed by atoms with Gasteiger partial charge in [0.05, 0.1) is 5.88 Å². The van der Waals surface area contributed by atoms with E-state index >= 15 is 0 Å². The zero-order valence-corrected chi connectivity index (χ0v) is 8.82. The molecule has 0 bridgehead atoms. The molecule has 0 aromatic rings. The fourth-order valence-electron chi connectivity index (χ4n) is 1.63. The summed E-state index contributed by atoms with van der Waals surface area (Å²) >= 11 is 5.42. The number of alkyl halides is 3. The Morgan fingerprint density at radius 2 is 2.00 bits per heavy atom. The number of amides is 1. The molecule has 0 radical (unpaired) electrons. The monoisotopic (exact) mass is 239 g/mol. The van der Waals surface area contributed by atoms with Crippen molar-refractivity contribution in [3.05, 3.63) is 0 Å². The van der Waals surface area contributed by atoms with E-state index in [4.69, 9.17) is 11.6 Å². The third-order valence-corrected chi connectivity index (χ3v) is 3.07. The topological polar surface area (TPSA) is 46.2 Å². The molecular formula is C9H12ClF2NO2. The number of nitrogens with one attached hydrogen (secondary N) is 1. The maximum atomic E-state index is 11.9. The molecule has 0 aromatic heterocycles. The summed E-state index contributed by atoms with van der Waals surface area (Å²) in [5.74, 6) is -1.64. The Bertz CT molecular complexity index is 267. The van der Waals surface area contributed by atoms with Crippen LogP contribution in [0.4, 0.5) is 8.78 Å². The number of rotatable bonds is 5. The Labute approximate surface area is 91.2 Å². The highest BCUT2D eigenvalue weighted by molar-refractivity contribution is 6.28. The third-order valence-electron chi connectivity index (χ3n) is 2.82. The molecule has 6 heteroatoms. The maximum Gasteiger partial charge on any atom is 0.315 e. The van der Waals surface area contributed by atoms with Crippen molar-refractivity contribution in [1.82, 2.24) is 5.32 Å². The van der Waals surface area contributed by atoms with E-state index in [1.165, 1.54) is 0 Å². The Kier molecular flexibility index (Phi) is 4.02. The predicted octanol–water partition coefficient (Wildman–Crippen LogP) is 1.35. The van der Waals surface area contributed by atoms with Crippen molar-refractivity contribution >= 4 is 23.3 Å².